The second-order valence-corrected chi connectivity index (χ2v) is 6.08. The highest BCUT2D eigenvalue weighted by Crippen LogP contribution is 2.12. The Balaban J connectivity index is 2.33. The number of pyridine rings is 1. The van der Waals surface area contributed by atoms with Crippen LogP contribution in [0.15, 0.2) is 22.8 Å². The summed E-state index contributed by atoms with van der Waals surface area (Å²) in [5.74, 6) is 0.251. The Kier molecular flexibility index (Phi) is 5.47. The van der Waals surface area contributed by atoms with Crippen LogP contribution in [0.5, 0.6) is 0 Å². The molecule has 0 unspecified atom stereocenters. The van der Waals surface area contributed by atoms with E-state index in [0.717, 1.165) is 4.47 Å². The molecule has 104 valence electrons. The van der Waals surface area contributed by atoms with Gasteiger partial charge in [0.2, 0.25) is 11.8 Å². The second-order valence-electron chi connectivity index (χ2n) is 5.17. The van der Waals surface area contributed by atoms with Crippen LogP contribution in [0.3, 0.4) is 0 Å². The van der Waals surface area contributed by atoms with Crippen LogP contribution < -0.4 is 10.6 Å². The number of carbonyl (C=O) groups is 2. The van der Waals surface area contributed by atoms with Gasteiger partial charge in [0, 0.05) is 29.1 Å². The molecular formula is C13H18BrN3O2. The first-order chi connectivity index (χ1) is 8.79. The summed E-state index contributed by atoms with van der Waals surface area (Å²) >= 11 is 3.27. The molecule has 2 amide bonds. The lowest BCUT2D eigenvalue weighted by atomic mass is 9.96. The van der Waals surface area contributed by atoms with Gasteiger partial charge in [0.05, 0.1) is 0 Å². The first kappa shape index (κ1) is 15.6. The van der Waals surface area contributed by atoms with Crippen LogP contribution in [0.25, 0.3) is 0 Å². The zero-order chi connectivity index (χ0) is 14.5. The van der Waals surface area contributed by atoms with Crippen molar-refractivity contribution < 1.29 is 9.59 Å². The fraction of sp³-hybridized carbons (Fsp3) is 0.462. The molecule has 0 aliphatic heterocycles. The third-order valence-corrected chi connectivity index (χ3v) is 2.78. The number of aromatic nitrogens is 1. The molecule has 0 aliphatic carbocycles. The molecule has 0 bridgehead atoms. The SMILES string of the molecule is CC(C)(C)C(=O)NCCC(=O)Nc1ccc(Br)cn1. The maximum absolute atomic E-state index is 11.6. The number of rotatable bonds is 4. The minimum absolute atomic E-state index is 0.0675. The van der Waals surface area contributed by atoms with Crippen molar-refractivity contribution in [1.29, 1.82) is 0 Å². The van der Waals surface area contributed by atoms with E-state index in [9.17, 15) is 9.59 Å². The van der Waals surface area contributed by atoms with E-state index in [2.05, 4.69) is 31.5 Å². The Morgan fingerprint density at radius 3 is 2.53 bits per heavy atom. The molecule has 0 radical (unpaired) electrons. The molecule has 5 nitrogen and oxygen atoms in total. The van der Waals surface area contributed by atoms with Crippen molar-refractivity contribution in [3.8, 4) is 0 Å². The van der Waals surface area contributed by atoms with E-state index >= 15 is 0 Å². The molecule has 0 fully saturated rings. The summed E-state index contributed by atoms with van der Waals surface area (Å²) in [5, 5.41) is 5.38. The molecule has 1 heterocycles. The minimum atomic E-state index is -0.441. The summed E-state index contributed by atoms with van der Waals surface area (Å²) in [6.07, 6.45) is 1.83. The summed E-state index contributed by atoms with van der Waals surface area (Å²) in [6.45, 7) is 5.80. The molecule has 0 aliphatic rings. The van der Waals surface area contributed by atoms with Gasteiger partial charge in [-0.15, -0.1) is 0 Å². The number of nitrogens with one attached hydrogen (secondary N) is 2. The summed E-state index contributed by atoms with van der Waals surface area (Å²) in [6, 6.07) is 3.50. The lowest BCUT2D eigenvalue weighted by molar-refractivity contribution is -0.128. The lowest BCUT2D eigenvalue weighted by Gasteiger charge is -2.17. The predicted molar refractivity (Wildman–Crippen MR) is 77.6 cm³/mol. The van der Waals surface area contributed by atoms with Gasteiger partial charge in [-0.2, -0.15) is 0 Å². The molecular weight excluding hydrogens is 310 g/mol. The fourth-order valence-corrected chi connectivity index (χ4v) is 1.44. The van der Waals surface area contributed by atoms with Crippen molar-refractivity contribution in [2.45, 2.75) is 27.2 Å². The number of amides is 2. The molecule has 6 heteroatoms. The van der Waals surface area contributed by atoms with E-state index in [1.54, 1.807) is 18.3 Å². The topological polar surface area (TPSA) is 71.1 Å². The maximum atomic E-state index is 11.6. The lowest BCUT2D eigenvalue weighted by Crippen LogP contribution is -2.36. The van der Waals surface area contributed by atoms with E-state index in [0.29, 0.717) is 12.4 Å². The van der Waals surface area contributed by atoms with Gasteiger partial charge in [0.25, 0.3) is 0 Å². The van der Waals surface area contributed by atoms with Gasteiger partial charge in [-0.25, -0.2) is 4.98 Å². The van der Waals surface area contributed by atoms with E-state index in [1.165, 1.54) is 0 Å². The van der Waals surface area contributed by atoms with Gasteiger partial charge >= 0.3 is 0 Å². The smallest absolute Gasteiger partial charge is 0.227 e. The predicted octanol–water partition coefficient (Wildman–Crippen LogP) is 2.33. The van der Waals surface area contributed by atoms with E-state index in [-0.39, 0.29) is 18.2 Å². The Bertz CT molecular complexity index is 452. The molecule has 19 heavy (non-hydrogen) atoms. The average Bonchev–Trinajstić information content (AvgIpc) is 2.31. The second kappa shape index (κ2) is 6.65. The van der Waals surface area contributed by atoms with Crippen LogP contribution in [0.4, 0.5) is 5.82 Å². The van der Waals surface area contributed by atoms with E-state index < -0.39 is 5.41 Å². The van der Waals surface area contributed by atoms with Crippen molar-refractivity contribution in [1.82, 2.24) is 10.3 Å². The normalized spacial score (nSPS) is 10.9. The number of nitrogens with zero attached hydrogens (tertiary/aromatic N) is 1. The third kappa shape index (κ3) is 5.83. The number of anilines is 1. The standard InChI is InChI=1S/C13H18BrN3O2/c1-13(2,3)12(19)15-7-6-11(18)17-10-5-4-9(14)8-16-10/h4-5,8H,6-7H2,1-3H3,(H,15,19)(H,16,17,18). The summed E-state index contributed by atoms with van der Waals surface area (Å²) in [7, 11) is 0. The first-order valence-corrected chi connectivity index (χ1v) is 6.78. The largest absolute Gasteiger partial charge is 0.355 e. The molecule has 0 atom stereocenters. The summed E-state index contributed by atoms with van der Waals surface area (Å²) < 4.78 is 0.850. The fourth-order valence-electron chi connectivity index (χ4n) is 1.21. The highest BCUT2D eigenvalue weighted by Gasteiger charge is 2.20. The molecule has 1 aromatic heterocycles. The van der Waals surface area contributed by atoms with Gasteiger partial charge < -0.3 is 10.6 Å². The van der Waals surface area contributed by atoms with Gasteiger partial charge in [0.1, 0.15) is 5.82 Å². The molecule has 0 spiro atoms. The molecule has 0 saturated heterocycles. The van der Waals surface area contributed by atoms with Crippen LogP contribution in [0.1, 0.15) is 27.2 Å². The van der Waals surface area contributed by atoms with Crippen LogP contribution in [0.2, 0.25) is 0 Å². The van der Waals surface area contributed by atoms with E-state index in [4.69, 9.17) is 0 Å². The van der Waals surface area contributed by atoms with Gasteiger partial charge in [-0.3, -0.25) is 9.59 Å². The van der Waals surface area contributed by atoms with Crippen molar-refractivity contribution in [2.75, 3.05) is 11.9 Å². The van der Waals surface area contributed by atoms with Crippen LogP contribution in [-0.2, 0) is 9.59 Å². The number of hydrogen-bond donors (Lipinski definition) is 2. The number of hydrogen-bond acceptors (Lipinski definition) is 3. The highest BCUT2D eigenvalue weighted by molar-refractivity contribution is 9.10. The number of halogens is 1. The van der Waals surface area contributed by atoms with Crippen LogP contribution >= 0.6 is 15.9 Å². The Hall–Kier alpha value is -1.43. The third-order valence-electron chi connectivity index (χ3n) is 2.31. The zero-order valence-electron chi connectivity index (χ0n) is 11.3. The maximum Gasteiger partial charge on any atom is 0.227 e. The Labute approximate surface area is 121 Å². The van der Waals surface area contributed by atoms with Gasteiger partial charge in [-0.05, 0) is 28.1 Å². The van der Waals surface area contributed by atoms with Gasteiger partial charge in [-0.1, -0.05) is 20.8 Å². The zero-order valence-corrected chi connectivity index (χ0v) is 12.9. The molecule has 0 aromatic carbocycles. The Morgan fingerprint density at radius 1 is 1.32 bits per heavy atom. The monoisotopic (exact) mass is 327 g/mol. The van der Waals surface area contributed by atoms with Crippen molar-refractivity contribution >= 4 is 33.6 Å². The van der Waals surface area contributed by atoms with Crippen molar-refractivity contribution in [3.05, 3.63) is 22.8 Å². The van der Waals surface area contributed by atoms with Crippen LogP contribution in [-0.4, -0.2) is 23.3 Å². The molecule has 2 N–H and O–H groups in total. The van der Waals surface area contributed by atoms with Gasteiger partial charge in [0.15, 0.2) is 0 Å². The van der Waals surface area contributed by atoms with E-state index in [1.807, 2.05) is 20.8 Å². The molecule has 0 saturated carbocycles. The first-order valence-electron chi connectivity index (χ1n) is 5.99. The van der Waals surface area contributed by atoms with Crippen molar-refractivity contribution in [2.24, 2.45) is 5.41 Å². The number of carbonyl (C=O) groups excluding carboxylic acids is 2. The average molecular weight is 328 g/mol. The Morgan fingerprint density at radius 2 is 2.00 bits per heavy atom. The highest BCUT2D eigenvalue weighted by atomic mass is 79.9. The van der Waals surface area contributed by atoms with Crippen molar-refractivity contribution in [3.63, 3.8) is 0 Å². The summed E-state index contributed by atoms with van der Waals surface area (Å²) in [4.78, 5) is 27.2. The molecule has 1 rings (SSSR count). The minimum Gasteiger partial charge on any atom is -0.355 e. The summed E-state index contributed by atoms with van der Waals surface area (Å²) in [5.41, 5.74) is -0.441. The van der Waals surface area contributed by atoms with Crippen LogP contribution in [0, 0.1) is 5.41 Å². The molecule has 1 aromatic rings. The quantitative estimate of drug-likeness (QED) is 0.891.